The summed E-state index contributed by atoms with van der Waals surface area (Å²) in [5, 5.41) is 8.38. The van der Waals surface area contributed by atoms with E-state index in [9.17, 15) is 18.4 Å². The third-order valence-electron chi connectivity index (χ3n) is 2.50. The van der Waals surface area contributed by atoms with Gasteiger partial charge in [-0.3, -0.25) is 4.79 Å². The van der Waals surface area contributed by atoms with Gasteiger partial charge in [0, 0.05) is 7.11 Å². The fraction of sp³-hybridized carbons (Fsp3) is 0.267. The molecule has 0 aromatic heterocycles. The summed E-state index contributed by atoms with van der Waals surface area (Å²) >= 11 is 0. The van der Waals surface area contributed by atoms with E-state index in [1.807, 2.05) is 0 Å². The van der Waals surface area contributed by atoms with Crippen LogP contribution >= 0.6 is 0 Å². The van der Waals surface area contributed by atoms with Crippen molar-refractivity contribution in [3.63, 3.8) is 0 Å². The first-order valence-electron chi connectivity index (χ1n) is 6.22. The average Bonchev–Trinajstić information content (AvgIpc) is 2.48. The largest absolute Gasteiger partial charge is 0.461 e. The first-order valence-corrected chi connectivity index (χ1v) is 6.22. The molecule has 0 atom stereocenters. The molecule has 0 unspecified atom stereocenters. The number of hydrogen-bond donors (Lipinski definition) is 0. The standard InChI is InChI=1S/C15H13F2NO4/c1-21-9-14(19)11(15(20)22-6-2-5-18)7-10-3-4-12(16)13(17)8-10/h3-4,7-8H,2,6,9H2,1H3/b11-7-. The summed E-state index contributed by atoms with van der Waals surface area (Å²) in [6, 6.07) is 4.71. The molecule has 0 fully saturated rings. The van der Waals surface area contributed by atoms with Crippen molar-refractivity contribution in [1.29, 1.82) is 5.26 Å². The van der Waals surface area contributed by atoms with Crippen LogP contribution in [0.25, 0.3) is 6.08 Å². The van der Waals surface area contributed by atoms with E-state index in [2.05, 4.69) is 4.74 Å². The topological polar surface area (TPSA) is 76.4 Å². The molecule has 0 heterocycles. The molecule has 0 aliphatic heterocycles. The molecule has 0 amide bonds. The molecule has 22 heavy (non-hydrogen) atoms. The highest BCUT2D eigenvalue weighted by molar-refractivity contribution is 6.21. The maximum Gasteiger partial charge on any atom is 0.341 e. The van der Waals surface area contributed by atoms with Gasteiger partial charge in [-0.2, -0.15) is 5.26 Å². The minimum absolute atomic E-state index is 0.0251. The first-order chi connectivity index (χ1) is 10.5. The molecule has 116 valence electrons. The Balaban J connectivity index is 3.05. The van der Waals surface area contributed by atoms with Crippen molar-refractivity contribution in [2.75, 3.05) is 20.3 Å². The summed E-state index contributed by atoms with van der Waals surface area (Å²) in [5.74, 6) is -3.78. The quantitative estimate of drug-likeness (QED) is 0.253. The molecule has 0 aliphatic carbocycles. The second kappa shape index (κ2) is 8.64. The van der Waals surface area contributed by atoms with Gasteiger partial charge >= 0.3 is 5.97 Å². The molecule has 0 aliphatic rings. The van der Waals surface area contributed by atoms with Crippen LogP contribution < -0.4 is 0 Å². The van der Waals surface area contributed by atoms with E-state index in [-0.39, 0.29) is 30.8 Å². The van der Waals surface area contributed by atoms with E-state index in [1.54, 1.807) is 6.07 Å². The number of esters is 1. The van der Waals surface area contributed by atoms with E-state index >= 15 is 0 Å². The molecule has 0 radical (unpaired) electrons. The van der Waals surface area contributed by atoms with Crippen LogP contribution in [0.3, 0.4) is 0 Å². The minimum atomic E-state index is -1.11. The van der Waals surface area contributed by atoms with Gasteiger partial charge in [0.2, 0.25) is 0 Å². The van der Waals surface area contributed by atoms with Crippen LogP contribution in [0.1, 0.15) is 12.0 Å². The number of ketones is 1. The lowest BCUT2D eigenvalue weighted by Crippen LogP contribution is -2.19. The van der Waals surface area contributed by atoms with Crippen molar-refractivity contribution in [2.24, 2.45) is 0 Å². The second-order valence-corrected chi connectivity index (χ2v) is 4.13. The Kier molecular flexibility index (Phi) is 6.86. The number of carbonyl (C=O) groups is 2. The van der Waals surface area contributed by atoms with Crippen LogP contribution in [-0.4, -0.2) is 32.1 Å². The molecule has 5 nitrogen and oxygen atoms in total. The lowest BCUT2D eigenvalue weighted by atomic mass is 10.1. The Labute approximate surface area is 125 Å². The van der Waals surface area contributed by atoms with Crippen LogP contribution in [0.4, 0.5) is 8.78 Å². The number of nitrogens with zero attached hydrogens (tertiary/aromatic N) is 1. The number of rotatable bonds is 7. The van der Waals surface area contributed by atoms with Crippen LogP contribution in [0.15, 0.2) is 23.8 Å². The Morgan fingerprint density at radius 3 is 2.64 bits per heavy atom. The summed E-state index contributed by atoms with van der Waals surface area (Å²) in [4.78, 5) is 23.7. The van der Waals surface area contributed by atoms with Gasteiger partial charge in [0.1, 0.15) is 18.8 Å². The molecule has 0 N–H and O–H groups in total. The number of hydrogen-bond acceptors (Lipinski definition) is 5. The van der Waals surface area contributed by atoms with Gasteiger partial charge < -0.3 is 9.47 Å². The zero-order valence-corrected chi connectivity index (χ0v) is 11.8. The first kappa shape index (κ1) is 17.5. The fourth-order valence-electron chi connectivity index (χ4n) is 1.50. The number of nitriles is 1. The van der Waals surface area contributed by atoms with Crippen LogP contribution in [0, 0.1) is 23.0 Å². The van der Waals surface area contributed by atoms with Crippen molar-refractivity contribution in [1.82, 2.24) is 0 Å². The van der Waals surface area contributed by atoms with Crippen molar-refractivity contribution in [2.45, 2.75) is 6.42 Å². The highest BCUT2D eigenvalue weighted by Crippen LogP contribution is 2.14. The number of Topliss-reactive ketones (excluding diaryl/α,β-unsaturated/α-hetero) is 1. The summed E-state index contributed by atoms with van der Waals surface area (Å²) in [5.41, 5.74) is -0.249. The molecule has 1 aromatic carbocycles. The van der Waals surface area contributed by atoms with Crippen molar-refractivity contribution < 1.29 is 27.8 Å². The van der Waals surface area contributed by atoms with Crippen molar-refractivity contribution in [3.05, 3.63) is 41.0 Å². The summed E-state index contributed by atoms with van der Waals surface area (Å²) < 4.78 is 35.5. The maximum absolute atomic E-state index is 13.2. The monoisotopic (exact) mass is 309 g/mol. The van der Waals surface area contributed by atoms with Crippen molar-refractivity contribution >= 4 is 17.8 Å². The zero-order valence-electron chi connectivity index (χ0n) is 11.8. The average molecular weight is 309 g/mol. The zero-order chi connectivity index (χ0) is 16.5. The van der Waals surface area contributed by atoms with Crippen molar-refractivity contribution in [3.8, 4) is 6.07 Å². The molecule has 0 saturated heterocycles. The van der Waals surface area contributed by atoms with Gasteiger partial charge in [0.15, 0.2) is 17.4 Å². The Morgan fingerprint density at radius 2 is 2.05 bits per heavy atom. The number of carbonyl (C=O) groups excluding carboxylic acids is 2. The van der Waals surface area contributed by atoms with Crippen LogP contribution in [0.2, 0.25) is 0 Å². The van der Waals surface area contributed by atoms with Crippen LogP contribution in [-0.2, 0) is 19.1 Å². The normalized spacial score (nSPS) is 10.9. The van der Waals surface area contributed by atoms with Crippen LogP contribution in [0.5, 0.6) is 0 Å². The predicted octanol–water partition coefficient (Wildman–Crippen LogP) is 2.02. The third kappa shape index (κ3) is 5.07. The summed E-state index contributed by atoms with van der Waals surface area (Å²) in [6.45, 7) is -0.548. The number of halogens is 2. The molecular formula is C15H13F2NO4. The fourth-order valence-corrected chi connectivity index (χ4v) is 1.50. The maximum atomic E-state index is 13.2. The van der Waals surface area contributed by atoms with Gasteiger partial charge in [-0.1, -0.05) is 6.07 Å². The second-order valence-electron chi connectivity index (χ2n) is 4.13. The molecule has 7 heteroatoms. The lowest BCUT2D eigenvalue weighted by Gasteiger charge is -2.06. The van der Waals surface area contributed by atoms with E-state index in [1.165, 1.54) is 13.2 Å². The molecule has 1 aromatic rings. The predicted molar refractivity (Wildman–Crippen MR) is 72.4 cm³/mol. The Hall–Kier alpha value is -2.59. The van der Waals surface area contributed by atoms with Gasteiger partial charge in [-0.15, -0.1) is 0 Å². The third-order valence-corrected chi connectivity index (χ3v) is 2.50. The van der Waals surface area contributed by atoms with E-state index < -0.39 is 23.4 Å². The number of methoxy groups -OCH3 is 1. The molecule has 1 rings (SSSR count). The van der Waals surface area contributed by atoms with Gasteiger partial charge in [0.25, 0.3) is 0 Å². The van der Waals surface area contributed by atoms with E-state index in [4.69, 9.17) is 10.00 Å². The highest BCUT2D eigenvalue weighted by Gasteiger charge is 2.20. The smallest absolute Gasteiger partial charge is 0.341 e. The SMILES string of the molecule is COCC(=O)/C(=C/c1ccc(F)c(F)c1)C(=O)OCCC#N. The summed E-state index contributed by atoms with van der Waals surface area (Å²) in [6.07, 6.45) is 1.06. The highest BCUT2D eigenvalue weighted by atomic mass is 19.2. The van der Waals surface area contributed by atoms with Gasteiger partial charge in [0.05, 0.1) is 12.5 Å². The molecule has 0 saturated carbocycles. The van der Waals surface area contributed by atoms with Gasteiger partial charge in [-0.05, 0) is 23.8 Å². The lowest BCUT2D eigenvalue weighted by molar-refractivity contribution is -0.140. The molecular weight excluding hydrogens is 296 g/mol. The number of benzene rings is 1. The minimum Gasteiger partial charge on any atom is -0.461 e. The number of ether oxygens (including phenoxy) is 2. The Morgan fingerprint density at radius 1 is 1.32 bits per heavy atom. The van der Waals surface area contributed by atoms with Gasteiger partial charge in [-0.25, -0.2) is 13.6 Å². The molecule has 0 bridgehead atoms. The summed E-state index contributed by atoms with van der Waals surface area (Å²) in [7, 11) is 1.27. The van der Waals surface area contributed by atoms with E-state index in [0.29, 0.717) is 0 Å². The Bertz CT molecular complexity index is 635. The van der Waals surface area contributed by atoms with E-state index in [0.717, 1.165) is 18.2 Å². The molecule has 0 spiro atoms.